The summed E-state index contributed by atoms with van der Waals surface area (Å²) in [6.07, 6.45) is 5.96. The molecule has 0 radical (unpaired) electrons. The maximum atomic E-state index is 4.51. The van der Waals surface area contributed by atoms with Crippen molar-refractivity contribution in [1.82, 2.24) is 20.2 Å². The van der Waals surface area contributed by atoms with Gasteiger partial charge < -0.3 is 5.32 Å². The van der Waals surface area contributed by atoms with Gasteiger partial charge in [-0.1, -0.05) is 0 Å². The van der Waals surface area contributed by atoms with E-state index in [1.165, 1.54) is 12.8 Å². The van der Waals surface area contributed by atoms with Gasteiger partial charge in [-0.05, 0) is 19.8 Å². The Hall–Kier alpha value is -1.91. The zero-order chi connectivity index (χ0) is 11.0. The van der Waals surface area contributed by atoms with Gasteiger partial charge in [-0.2, -0.15) is 5.10 Å². The topological polar surface area (TPSA) is 66.5 Å². The van der Waals surface area contributed by atoms with Gasteiger partial charge in [-0.15, -0.1) is 0 Å². The molecule has 0 aliphatic heterocycles. The number of aromatic amines is 1. The predicted molar refractivity (Wildman–Crippen MR) is 60.6 cm³/mol. The van der Waals surface area contributed by atoms with Gasteiger partial charge in [0.2, 0.25) is 0 Å². The number of H-pyrrole nitrogens is 1. The van der Waals surface area contributed by atoms with E-state index in [2.05, 4.69) is 25.5 Å². The van der Waals surface area contributed by atoms with Crippen molar-refractivity contribution in [1.29, 1.82) is 0 Å². The predicted octanol–water partition coefficient (Wildman–Crippen LogP) is 2.13. The summed E-state index contributed by atoms with van der Waals surface area (Å²) in [5, 5.41) is 9.84. The van der Waals surface area contributed by atoms with Crippen LogP contribution in [0.25, 0.3) is 0 Å². The first-order chi connectivity index (χ1) is 7.81. The molecule has 2 heterocycles. The molecule has 3 rings (SSSR count). The molecule has 2 N–H and O–H groups in total. The summed E-state index contributed by atoms with van der Waals surface area (Å²) in [6, 6.07) is 1.94. The molecule has 16 heavy (non-hydrogen) atoms. The quantitative estimate of drug-likeness (QED) is 0.823. The molecule has 5 heteroatoms. The number of nitrogens with one attached hydrogen (secondary N) is 2. The highest BCUT2D eigenvalue weighted by Gasteiger charge is 2.26. The van der Waals surface area contributed by atoms with Crippen LogP contribution in [0.15, 0.2) is 18.5 Å². The Bertz CT molecular complexity index is 487. The molecule has 2 aromatic rings. The minimum absolute atomic E-state index is 0.574. The van der Waals surface area contributed by atoms with Crippen LogP contribution in [0.3, 0.4) is 0 Å². The van der Waals surface area contributed by atoms with Crippen LogP contribution in [0.2, 0.25) is 0 Å². The fraction of sp³-hybridized carbons (Fsp3) is 0.364. The van der Waals surface area contributed by atoms with Crippen LogP contribution in [0, 0.1) is 6.92 Å². The number of hydrogen-bond acceptors (Lipinski definition) is 4. The van der Waals surface area contributed by atoms with E-state index in [0.717, 1.165) is 23.0 Å². The van der Waals surface area contributed by atoms with E-state index >= 15 is 0 Å². The normalized spacial score (nSPS) is 15.1. The van der Waals surface area contributed by atoms with Crippen molar-refractivity contribution in [3.05, 3.63) is 30.0 Å². The van der Waals surface area contributed by atoms with E-state index < -0.39 is 0 Å². The zero-order valence-electron chi connectivity index (χ0n) is 9.07. The molecule has 0 spiro atoms. The van der Waals surface area contributed by atoms with E-state index in [1.807, 2.05) is 13.0 Å². The van der Waals surface area contributed by atoms with E-state index in [4.69, 9.17) is 0 Å². The molecule has 1 aliphatic rings. The van der Waals surface area contributed by atoms with Crippen LogP contribution < -0.4 is 5.32 Å². The van der Waals surface area contributed by atoms with Crippen LogP contribution in [0.4, 0.5) is 11.5 Å². The first kappa shape index (κ1) is 9.33. The van der Waals surface area contributed by atoms with Crippen molar-refractivity contribution in [3.63, 3.8) is 0 Å². The fourth-order valence-corrected chi connectivity index (χ4v) is 1.65. The second-order valence-corrected chi connectivity index (χ2v) is 4.14. The van der Waals surface area contributed by atoms with Crippen LogP contribution in [0.5, 0.6) is 0 Å². The molecule has 1 aliphatic carbocycles. The average molecular weight is 215 g/mol. The monoisotopic (exact) mass is 215 g/mol. The van der Waals surface area contributed by atoms with E-state index in [1.54, 1.807) is 12.4 Å². The summed E-state index contributed by atoms with van der Waals surface area (Å²) in [6.45, 7) is 1.99. The second-order valence-electron chi connectivity index (χ2n) is 4.14. The highest BCUT2D eigenvalue weighted by molar-refractivity contribution is 5.54. The van der Waals surface area contributed by atoms with E-state index in [0.29, 0.717) is 5.92 Å². The van der Waals surface area contributed by atoms with Crippen molar-refractivity contribution >= 4 is 11.5 Å². The third-order valence-corrected chi connectivity index (χ3v) is 2.58. The highest BCUT2D eigenvalue weighted by Crippen LogP contribution is 2.38. The summed E-state index contributed by atoms with van der Waals surface area (Å²) in [7, 11) is 0. The van der Waals surface area contributed by atoms with Gasteiger partial charge in [-0.3, -0.25) is 5.10 Å². The molecule has 0 unspecified atom stereocenters. The standard InChI is InChI=1S/C11H13N5/c1-7-4-10(15-9-5-12-13-6-9)16-11(14-7)8-2-3-8/h4-6,8H,2-3H2,1H3,(H,12,13)(H,14,15,16). The lowest BCUT2D eigenvalue weighted by atomic mass is 10.3. The molecule has 1 fully saturated rings. The molecular formula is C11H13N5. The Morgan fingerprint density at radius 3 is 2.94 bits per heavy atom. The summed E-state index contributed by atoms with van der Waals surface area (Å²) >= 11 is 0. The van der Waals surface area contributed by atoms with E-state index in [-0.39, 0.29) is 0 Å². The molecule has 2 aromatic heterocycles. The van der Waals surface area contributed by atoms with Crippen molar-refractivity contribution < 1.29 is 0 Å². The molecule has 0 amide bonds. The van der Waals surface area contributed by atoms with Gasteiger partial charge in [0.15, 0.2) is 0 Å². The third-order valence-electron chi connectivity index (χ3n) is 2.58. The van der Waals surface area contributed by atoms with Crippen LogP contribution in [-0.2, 0) is 0 Å². The van der Waals surface area contributed by atoms with Crippen molar-refractivity contribution in [3.8, 4) is 0 Å². The number of nitrogens with zero attached hydrogens (tertiary/aromatic N) is 3. The smallest absolute Gasteiger partial charge is 0.134 e. The van der Waals surface area contributed by atoms with E-state index in [9.17, 15) is 0 Å². The third kappa shape index (κ3) is 1.88. The minimum atomic E-state index is 0.574. The molecule has 0 atom stereocenters. The Kier molecular flexibility index (Phi) is 2.09. The van der Waals surface area contributed by atoms with Crippen LogP contribution in [0.1, 0.15) is 30.3 Å². The average Bonchev–Trinajstić information content (AvgIpc) is 2.98. The number of anilines is 2. The molecule has 0 saturated heterocycles. The van der Waals surface area contributed by atoms with Crippen LogP contribution >= 0.6 is 0 Å². The minimum Gasteiger partial charge on any atom is -0.338 e. The summed E-state index contributed by atoms with van der Waals surface area (Å²) in [5.41, 5.74) is 1.92. The van der Waals surface area contributed by atoms with Gasteiger partial charge >= 0.3 is 0 Å². The zero-order valence-corrected chi connectivity index (χ0v) is 9.07. The number of aromatic nitrogens is 4. The Morgan fingerprint density at radius 1 is 1.38 bits per heavy atom. The first-order valence-electron chi connectivity index (χ1n) is 5.42. The largest absolute Gasteiger partial charge is 0.338 e. The van der Waals surface area contributed by atoms with Gasteiger partial charge in [0.25, 0.3) is 0 Å². The Balaban J connectivity index is 1.88. The molecule has 0 aromatic carbocycles. The molecule has 5 nitrogen and oxygen atoms in total. The van der Waals surface area contributed by atoms with Crippen molar-refractivity contribution in [2.45, 2.75) is 25.7 Å². The van der Waals surface area contributed by atoms with Gasteiger partial charge in [0.05, 0.1) is 11.9 Å². The second kappa shape index (κ2) is 3.59. The first-order valence-corrected chi connectivity index (χ1v) is 5.42. The van der Waals surface area contributed by atoms with Crippen molar-refractivity contribution in [2.75, 3.05) is 5.32 Å². The Morgan fingerprint density at radius 2 is 2.25 bits per heavy atom. The maximum Gasteiger partial charge on any atom is 0.134 e. The summed E-state index contributed by atoms with van der Waals surface area (Å²) in [4.78, 5) is 8.96. The molecular weight excluding hydrogens is 202 g/mol. The van der Waals surface area contributed by atoms with Crippen molar-refractivity contribution in [2.24, 2.45) is 0 Å². The molecule has 1 saturated carbocycles. The van der Waals surface area contributed by atoms with Crippen LogP contribution in [-0.4, -0.2) is 20.2 Å². The SMILES string of the molecule is Cc1cc(Nc2cn[nH]c2)nc(C2CC2)n1. The van der Waals surface area contributed by atoms with Gasteiger partial charge in [-0.25, -0.2) is 9.97 Å². The number of hydrogen-bond donors (Lipinski definition) is 2. The summed E-state index contributed by atoms with van der Waals surface area (Å²) < 4.78 is 0. The highest BCUT2D eigenvalue weighted by atomic mass is 15.1. The Labute approximate surface area is 93.3 Å². The molecule has 0 bridgehead atoms. The van der Waals surface area contributed by atoms with Gasteiger partial charge in [0, 0.05) is 23.9 Å². The molecule has 82 valence electrons. The number of aryl methyl sites for hydroxylation is 1. The maximum absolute atomic E-state index is 4.51. The lowest BCUT2D eigenvalue weighted by molar-refractivity contribution is 0.910. The number of rotatable bonds is 3. The lowest BCUT2D eigenvalue weighted by Gasteiger charge is -2.05. The summed E-state index contributed by atoms with van der Waals surface area (Å²) in [5.74, 6) is 2.38. The lowest BCUT2D eigenvalue weighted by Crippen LogP contribution is -2.00. The van der Waals surface area contributed by atoms with Gasteiger partial charge in [0.1, 0.15) is 11.6 Å². The fourth-order valence-electron chi connectivity index (χ4n) is 1.65.